The Kier molecular flexibility index (Phi) is 4.99. The van der Waals surface area contributed by atoms with Crippen LogP contribution >= 0.6 is 0 Å². The average molecular weight is 347 g/mol. The van der Waals surface area contributed by atoms with Crippen LogP contribution in [0.3, 0.4) is 0 Å². The third-order valence-corrected chi connectivity index (χ3v) is 4.60. The van der Waals surface area contributed by atoms with Crippen LogP contribution in [0.1, 0.15) is 30.0 Å². The van der Waals surface area contributed by atoms with E-state index in [2.05, 4.69) is 0 Å². The molecule has 2 aromatic rings. The molecule has 0 spiro atoms. The van der Waals surface area contributed by atoms with Crippen molar-refractivity contribution in [2.24, 2.45) is 0 Å². The van der Waals surface area contributed by atoms with Crippen molar-refractivity contribution in [1.82, 2.24) is 4.90 Å². The summed E-state index contributed by atoms with van der Waals surface area (Å²) in [6.07, 6.45) is 1.22. The molecule has 1 fully saturated rings. The Labute approximate surface area is 144 Å². The molecule has 2 atom stereocenters. The van der Waals surface area contributed by atoms with Crippen LogP contribution in [0.5, 0.6) is 5.75 Å². The normalized spacial score (nSPS) is 18.9. The number of ether oxygens (including phenoxy) is 1. The molecule has 0 radical (unpaired) electrons. The highest BCUT2D eigenvalue weighted by molar-refractivity contribution is 5.74. The van der Waals surface area contributed by atoms with Crippen molar-refractivity contribution >= 4 is 5.97 Å². The van der Waals surface area contributed by atoms with E-state index in [0.29, 0.717) is 25.1 Å². The van der Waals surface area contributed by atoms with Crippen LogP contribution in [0.25, 0.3) is 0 Å². The Morgan fingerprint density at radius 3 is 2.56 bits per heavy atom. The van der Waals surface area contributed by atoms with Crippen LogP contribution < -0.4 is 4.74 Å². The second-order valence-electron chi connectivity index (χ2n) is 6.08. The SMILES string of the molecule is COc1ccc(C(c2ccc(F)cc2F)N2CCCC2C(=O)O)cc1. The molecule has 0 saturated carbocycles. The fraction of sp³-hybridized carbons (Fsp3) is 0.316. The average Bonchev–Trinajstić information content (AvgIpc) is 3.07. The predicted octanol–water partition coefficient (Wildman–Crippen LogP) is 3.61. The monoisotopic (exact) mass is 347 g/mol. The van der Waals surface area contributed by atoms with Crippen molar-refractivity contribution in [2.45, 2.75) is 24.9 Å². The van der Waals surface area contributed by atoms with Gasteiger partial charge in [0.05, 0.1) is 13.2 Å². The lowest BCUT2D eigenvalue weighted by molar-refractivity contribution is -0.142. The molecule has 1 N–H and O–H groups in total. The van der Waals surface area contributed by atoms with Gasteiger partial charge in [-0.1, -0.05) is 18.2 Å². The Morgan fingerprint density at radius 1 is 1.24 bits per heavy atom. The second-order valence-corrected chi connectivity index (χ2v) is 6.08. The summed E-state index contributed by atoms with van der Waals surface area (Å²) in [5, 5.41) is 9.51. The van der Waals surface area contributed by atoms with Gasteiger partial charge in [-0.3, -0.25) is 9.69 Å². The lowest BCUT2D eigenvalue weighted by atomic mass is 9.95. The molecule has 2 aromatic carbocycles. The summed E-state index contributed by atoms with van der Waals surface area (Å²) in [7, 11) is 1.55. The summed E-state index contributed by atoms with van der Waals surface area (Å²) in [4.78, 5) is 13.4. The molecule has 1 heterocycles. The van der Waals surface area contributed by atoms with Gasteiger partial charge in [-0.25, -0.2) is 8.78 Å². The van der Waals surface area contributed by atoms with Gasteiger partial charge in [0.15, 0.2) is 0 Å². The maximum Gasteiger partial charge on any atom is 0.320 e. The quantitative estimate of drug-likeness (QED) is 0.898. The largest absolute Gasteiger partial charge is 0.497 e. The Balaban J connectivity index is 2.08. The van der Waals surface area contributed by atoms with Crippen molar-refractivity contribution < 1.29 is 23.4 Å². The van der Waals surface area contributed by atoms with Gasteiger partial charge in [-0.05, 0) is 36.6 Å². The number of likely N-dealkylation sites (tertiary alicyclic amines) is 1. The van der Waals surface area contributed by atoms with Gasteiger partial charge >= 0.3 is 5.97 Å². The molecule has 6 heteroatoms. The van der Waals surface area contributed by atoms with Crippen molar-refractivity contribution in [2.75, 3.05) is 13.7 Å². The van der Waals surface area contributed by atoms with E-state index in [1.165, 1.54) is 12.1 Å². The fourth-order valence-electron chi connectivity index (χ4n) is 3.42. The summed E-state index contributed by atoms with van der Waals surface area (Å²) in [5.41, 5.74) is 0.999. The number of carbonyl (C=O) groups is 1. The van der Waals surface area contributed by atoms with Gasteiger partial charge < -0.3 is 9.84 Å². The highest BCUT2D eigenvalue weighted by Gasteiger charge is 2.37. The number of hydrogen-bond acceptors (Lipinski definition) is 3. The van der Waals surface area contributed by atoms with E-state index in [1.54, 1.807) is 36.3 Å². The van der Waals surface area contributed by atoms with E-state index < -0.39 is 29.7 Å². The minimum Gasteiger partial charge on any atom is -0.497 e. The number of hydrogen-bond donors (Lipinski definition) is 1. The number of methoxy groups -OCH3 is 1. The van der Waals surface area contributed by atoms with E-state index >= 15 is 0 Å². The standard InChI is InChI=1S/C19H19F2NO3/c1-25-14-7-4-12(5-8-14)18(15-9-6-13(20)11-16(15)21)22-10-2-3-17(22)19(23)24/h4-9,11,17-18H,2-3,10H2,1H3,(H,23,24). The number of halogens is 2. The molecule has 3 rings (SSSR count). The van der Waals surface area contributed by atoms with E-state index in [4.69, 9.17) is 4.74 Å². The molecule has 0 bridgehead atoms. The van der Waals surface area contributed by atoms with Crippen LogP contribution in [-0.2, 0) is 4.79 Å². The van der Waals surface area contributed by atoms with Gasteiger partial charge in [0.25, 0.3) is 0 Å². The molecule has 0 amide bonds. The number of rotatable bonds is 5. The molecule has 1 saturated heterocycles. The lowest BCUT2D eigenvalue weighted by Crippen LogP contribution is -2.39. The van der Waals surface area contributed by atoms with E-state index in [0.717, 1.165) is 11.6 Å². The smallest absolute Gasteiger partial charge is 0.320 e. The summed E-state index contributed by atoms with van der Waals surface area (Å²) in [6, 6.07) is 9.17. The van der Waals surface area contributed by atoms with Gasteiger partial charge in [0.2, 0.25) is 0 Å². The summed E-state index contributed by atoms with van der Waals surface area (Å²) in [5.74, 6) is -1.63. The highest BCUT2D eigenvalue weighted by Crippen LogP contribution is 2.36. The molecule has 25 heavy (non-hydrogen) atoms. The molecule has 2 unspecified atom stereocenters. The summed E-state index contributed by atoms with van der Waals surface area (Å²) < 4.78 is 33.0. The minimum atomic E-state index is -0.932. The zero-order chi connectivity index (χ0) is 18.0. The highest BCUT2D eigenvalue weighted by atomic mass is 19.1. The number of aliphatic carboxylic acids is 1. The maximum absolute atomic E-state index is 14.5. The minimum absolute atomic E-state index is 0.264. The Hall–Kier alpha value is -2.47. The maximum atomic E-state index is 14.5. The predicted molar refractivity (Wildman–Crippen MR) is 88.6 cm³/mol. The van der Waals surface area contributed by atoms with Crippen LogP contribution in [0.2, 0.25) is 0 Å². The third kappa shape index (κ3) is 3.49. The fourth-order valence-corrected chi connectivity index (χ4v) is 3.42. The molecule has 0 aliphatic carbocycles. The topological polar surface area (TPSA) is 49.8 Å². The van der Waals surface area contributed by atoms with E-state index in [9.17, 15) is 18.7 Å². The third-order valence-electron chi connectivity index (χ3n) is 4.60. The first-order valence-electron chi connectivity index (χ1n) is 8.08. The van der Waals surface area contributed by atoms with Gasteiger partial charge in [-0.15, -0.1) is 0 Å². The van der Waals surface area contributed by atoms with Crippen molar-refractivity contribution in [3.8, 4) is 5.75 Å². The van der Waals surface area contributed by atoms with Crippen LogP contribution in [0, 0.1) is 11.6 Å². The molecule has 0 aromatic heterocycles. The van der Waals surface area contributed by atoms with Gasteiger partial charge in [0, 0.05) is 18.2 Å². The molecule has 132 valence electrons. The summed E-state index contributed by atoms with van der Waals surface area (Å²) in [6.45, 7) is 0.532. The molecular formula is C19H19F2NO3. The van der Waals surface area contributed by atoms with Gasteiger partial charge in [-0.2, -0.15) is 0 Å². The van der Waals surface area contributed by atoms with Crippen molar-refractivity contribution in [1.29, 1.82) is 0 Å². The molecule has 1 aliphatic rings. The Bertz CT molecular complexity index is 764. The van der Waals surface area contributed by atoms with E-state index in [-0.39, 0.29) is 5.56 Å². The van der Waals surface area contributed by atoms with Crippen LogP contribution in [-0.4, -0.2) is 35.7 Å². The molecular weight excluding hydrogens is 328 g/mol. The second kappa shape index (κ2) is 7.19. The number of carboxylic acids is 1. The van der Waals surface area contributed by atoms with Crippen LogP contribution in [0.15, 0.2) is 42.5 Å². The van der Waals surface area contributed by atoms with Crippen molar-refractivity contribution in [3.05, 3.63) is 65.2 Å². The first-order chi connectivity index (χ1) is 12.0. The molecule has 1 aliphatic heterocycles. The number of benzene rings is 2. The van der Waals surface area contributed by atoms with Gasteiger partial charge in [0.1, 0.15) is 23.4 Å². The Morgan fingerprint density at radius 2 is 1.96 bits per heavy atom. The van der Waals surface area contributed by atoms with E-state index in [1.807, 2.05) is 0 Å². The summed E-state index contributed by atoms with van der Waals surface area (Å²) >= 11 is 0. The first-order valence-corrected chi connectivity index (χ1v) is 8.08. The number of nitrogens with zero attached hydrogens (tertiary/aromatic N) is 1. The zero-order valence-corrected chi connectivity index (χ0v) is 13.8. The zero-order valence-electron chi connectivity index (χ0n) is 13.8. The lowest BCUT2D eigenvalue weighted by Gasteiger charge is -2.32. The first kappa shape index (κ1) is 17.4. The van der Waals surface area contributed by atoms with Crippen LogP contribution in [0.4, 0.5) is 8.78 Å². The van der Waals surface area contributed by atoms with Crippen molar-refractivity contribution in [3.63, 3.8) is 0 Å². The molecule has 4 nitrogen and oxygen atoms in total. The number of carboxylic acid groups (broad SMARTS) is 1.